The third-order valence-electron chi connectivity index (χ3n) is 6.48. The molecule has 2 amide bonds. The zero-order valence-electron chi connectivity index (χ0n) is 21.2. The van der Waals surface area contributed by atoms with Crippen molar-refractivity contribution in [3.63, 3.8) is 0 Å². The molecule has 1 unspecified atom stereocenters. The van der Waals surface area contributed by atoms with Crippen LogP contribution < -0.4 is 14.4 Å². The summed E-state index contributed by atoms with van der Waals surface area (Å²) in [5, 5.41) is 3.27. The molecule has 3 rings (SSSR count). The van der Waals surface area contributed by atoms with Crippen LogP contribution in [0.25, 0.3) is 0 Å². The predicted octanol–water partition coefficient (Wildman–Crippen LogP) is 4.63. The van der Waals surface area contributed by atoms with Gasteiger partial charge < -0.3 is 15.0 Å². The molecule has 1 aliphatic carbocycles. The van der Waals surface area contributed by atoms with E-state index >= 15 is 0 Å². The zero-order valence-corrected chi connectivity index (χ0v) is 23.6. The molecule has 1 aliphatic rings. The molecule has 2 aromatic carbocycles. The first kappa shape index (κ1) is 29.1. The first-order valence-corrected chi connectivity index (χ1v) is 14.8. The van der Waals surface area contributed by atoms with Crippen LogP contribution in [0.1, 0.15) is 44.6 Å². The first-order valence-electron chi connectivity index (χ1n) is 12.2. The highest BCUT2D eigenvalue weighted by Gasteiger charge is 2.33. The van der Waals surface area contributed by atoms with E-state index in [0.29, 0.717) is 12.2 Å². The second kappa shape index (κ2) is 12.8. The number of rotatable bonds is 11. The fourth-order valence-corrected chi connectivity index (χ4v) is 5.80. The minimum Gasteiger partial charge on any atom is -0.497 e. The number of methoxy groups -OCH3 is 1. The summed E-state index contributed by atoms with van der Waals surface area (Å²) in [6.07, 6.45) is 5.28. The van der Waals surface area contributed by atoms with Gasteiger partial charge in [-0.25, -0.2) is 8.42 Å². The Labute approximate surface area is 228 Å². The van der Waals surface area contributed by atoms with Gasteiger partial charge in [-0.3, -0.25) is 13.9 Å². The van der Waals surface area contributed by atoms with Crippen LogP contribution in [0.2, 0.25) is 10.0 Å². The number of ether oxygens (including phenoxy) is 1. The largest absolute Gasteiger partial charge is 0.497 e. The van der Waals surface area contributed by atoms with Crippen LogP contribution in [-0.2, 0) is 26.2 Å². The van der Waals surface area contributed by atoms with E-state index in [0.717, 1.165) is 41.8 Å². The van der Waals surface area contributed by atoms with E-state index in [4.69, 9.17) is 27.9 Å². The Morgan fingerprint density at radius 3 is 2.32 bits per heavy atom. The molecule has 1 saturated carbocycles. The van der Waals surface area contributed by atoms with Crippen molar-refractivity contribution in [1.29, 1.82) is 0 Å². The Hall–Kier alpha value is -2.49. The Morgan fingerprint density at radius 1 is 1.11 bits per heavy atom. The van der Waals surface area contributed by atoms with Gasteiger partial charge in [0.25, 0.3) is 0 Å². The van der Waals surface area contributed by atoms with Gasteiger partial charge in [-0.2, -0.15) is 0 Å². The lowest BCUT2D eigenvalue weighted by Gasteiger charge is -2.33. The van der Waals surface area contributed by atoms with Gasteiger partial charge in [-0.05, 0) is 49.1 Å². The highest BCUT2D eigenvalue weighted by molar-refractivity contribution is 7.92. The lowest BCUT2D eigenvalue weighted by atomic mass is 10.1. The fraction of sp³-hybridized carbons (Fsp3) is 0.462. The molecule has 2 aromatic rings. The van der Waals surface area contributed by atoms with Crippen LogP contribution in [0.3, 0.4) is 0 Å². The molecule has 0 radical (unpaired) electrons. The Bertz CT molecular complexity index is 1200. The van der Waals surface area contributed by atoms with Gasteiger partial charge in [0.15, 0.2) is 0 Å². The predicted molar refractivity (Wildman–Crippen MR) is 147 cm³/mol. The molecule has 0 saturated heterocycles. The average Bonchev–Trinajstić information content (AvgIpc) is 3.37. The second-order valence-electron chi connectivity index (χ2n) is 9.13. The maximum atomic E-state index is 13.8. The van der Waals surface area contributed by atoms with Crippen molar-refractivity contribution in [1.82, 2.24) is 10.2 Å². The van der Waals surface area contributed by atoms with Crippen molar-refractivity contribution in [2.75, 3.05) is 24.2 Å². The van der Waals surface area contributed by atoms with Crippen molar-refractivity contribution >= 4 is 50.7 Å². The summed E-state index contributed by atoms with van der Waals surface area (Å²) >= 11 is 12.4. The maximum absolute atomic E-state index is 13.8. The summed E-state index contributed by atoms with van der Waals surface area (Å²) in [6, 6.07) is 11.0. The molecular formula is C26H33Cl2N3O5S. The monoisotopic (exact) mass is 569 g/mol. The van der Waals surface area contributed by atoms with E-state index in [9.17, 15) is 18.0 Å². The molecule has 1 atom stereocenters. The number of carbonyl (C=O) groups is 2. The average molecular weight is 571 g/mol. The number of hydrogen-bond donors (Lipinski definition) is 1. The SMILES string of the molecule is CCC(C(=O)NC1CCCC1)N(Cc1ccc(OC)cc1)C(=O)CN(c1cccc(Cl)c1Cl)S(C)(=O)=O. The lowest BCUT2D eigenvalue weighted by Crippen LogP contribution is -2.53. The smallest absolute Gasteiger partial charge is 0.244 e. The van der Waals surface area contributed by atoms with Gasteiger partial charge in [0, 0.05) is 12.6 Å². The van der Waals surface area contributed by atoms with Crippen LogP contribution >= 0.6 is 23.2 Å². The second-order valence-corrected chi connectivity index (χ2v) is 11.8. The molecule has 0 heterocycles. The number of anilines is 1. The van der Waals surface area contributed by atoms with E-state index in [2.05, 4.69) is 5.32 Å². The molecule has 37 heavy (non-hydrogen) atoms. The fourth-order valence-electron chi connectivity index (χ4n) is 4.49. The van der Waals surface area contributed by atoms with Crippen LogP contribution in [-0.4, -0.2) is 57.1 Å². The van der Waals surface area contributed by atoms with Gasteiger partial charge in [0.05, 0.1) is 29.1 Å². The van der Waals surface area contributed by atoms with Gasteiger partial charge in [-0.1, -0.05) is 61.2 Å². The van der Waals surface area contributed by atoms with Crippen LogP contribution in [0.15, 0.2) is 42.5 Å². The number of amides is 2. The molecule has 1 N–H and O–H groups in total. The summed E-state index contributed by atoms with van der Waals surface area (Å²) < 4.78 is 31.6. The van der Waals surface area contributed by atoms with E-state index in [-0.39, 0.29) is 34.2 Å². The molecule has 1 fully saturated rings. The Balaban J connectivity index is 1.95. The summed E-state index contributed by atoms with van der Waals surface area (Å²) in [6.45, 7) is 1.40. The summed E-state index contributed by atoms with van der Waals surface area (Å²) in [7, 11) is -2.35. The minimum absolute atomic E-state index is 0.0233. The van der Waals surface area contributed by atoms with Crippen LogP contribution in [0, 0.1) is 0 Å². The number of carbonyl (C=O) groups excluding carboxylic acids is 2. The van der Waals surface area contributed by atoms with E-state index in [1.54, 1.807) is 25.3 Å². The maximum Gasteiger partial charge on any atom is 0.244 e. The number of benzene rings is 2. The summed E-state index contributed by atoms with van der Waals surface area (Å²) in [5.74, 6) is -0.125. The molecule has 0 spiro atoms. The van der Waals surface area contributed by atoms with Crippen LogP contribution in [0.5, 0.6) is 5.75 Å². The molecule has 11 heteroatoms. The number of nitrogens with zero attached hydrogens (tertiary/aromatic N) is 2. The molecule has 8 nitrogen and oxygen atoms in total. The molecular weight excluding hydrogens is 537 g/mol. The highest BCUT2D eigenvalue weighted by atomic mass is 35.5. The molecule has 0 aliphatic heterocycles. The van der Waals surface area contributed by atoms with Gasteiger partial charge >= 0.3 is 0 Å². The number of sulfonamides is 1. The normalized spacial score (nSPS) is 14.7. The first-order chi connectivity index (χ1) is 17.5. The zero-order chi connectivity index (χ0) is 27.2. The third kappa shape index (κ3) is 7.52. The van der Waals surface area contributed by atoms with Crippen molar-refractivity contribution in [2.24, 2.45) is 0 Å². The van der Waals surface area contributed by atoms with Crippen molar-refractivity contribution in [3.8, 4) is 5.75 Å². The number of hydrogen-bond acceptors (Lipinski definition) is 5. The van der Waals surface area contributed by atoms with Crippen molar-refractivity contribution < 1.29 is 22.7 Å². The van der Waals surface area contributed by atoms with Crippen molar-refractivity contribution in [3.05, 3.63) is 58.1 Å². The van der Waals surface area contributed by atoms with E-state index < -0.39 is 28.5 Å². The van der Waals surface area contributed by atoms with Crippen LogP contribution in [0.4, 0.5) is 5.69 Å². The van der Waals surface area contributed by atoms with E-state index in [1.807, 2.05) is 19.1 Å². The number of nitrogens with one attached hydrogen (secondary N) is 1. The summed E-state index contributed by atoms with van der Waals surface area (Å²) in [4.78, 5) is 28.5. The number of halogens is 2. The Morgan fingerprint density at radius 2 is 1.76 bits per heavy atom. The van der Waals surface area contributed by atoms with Gasteiger partial charge in [0.2, 0.25) is 21.8 Å². The molecule has 0 bridgehead atoms. The standard InChI is InChI=1S/C26H33Cl2N3O5S/c1-4-22(26(33)29-19-8-5-6-9-19)30(16-18-12-14-20(36-2)15-13-18)24(32)17-31(37(3,34)35)23-11-7-10-21(27)25(23)28/h7,10-15,19,22H,4-6,8-9,16-17H2,1-3H3,(H,29,33). The van der Waals surface area contributed by atoms with Crippen molar-refractivity contribution in [2.45, 2.75) is 57.7 Å². The highest BCUT2D eigenvalue weighted by Crippen LogP contribution is 2.34. The van der Waals surface area contributed by atoms with E-state index in [1.165, 1.54) is 17.0 Å². The quantitative estimate of drug-likeness (QED) is 0.425. The van der Waals surface area contributed by atoms with Gasteiger partial charge in [0.1, 0.15) is 18.3 Å². The minimum atomic E-state index is -3.91. The topological polar surface area (TPSA) is 96.0 Å². The third-order valence-corrected chi connectivity index (χ3v) is 8.41. The Kier molecular flexibility index (Phi) is 10.1. The molecule has 202 valence electrons. The molecule has 0 aromatic heterocycles. The van der Waals surface area contributed by atoms with Gasteiger partial charge in [-0.15, -0.1) is 0 Å². The lowest BCUT2D eigenvalue weighted by molar-refractivity contribution is -0.140. The summed E-state index contributed by atoms with van der Waals surface area (Å²) in [5.41, 5.74) is 0.867.